The van der Waals surface area contributed by atoms with Crippen molar-refractivity contribution in [1.29, 1.82) is 0 Å². The molecule has 21 heavy (non-hydrogen) atoms. The Hall–Kier alpha value is -3.22. The topological polar surface area (TPSA) is 115 Å². The number of rotatable bonds is 4. The first kappa shape index (κ1) is 14.2. The minimum Gasteiger partial charge on any atom is -0.501 e. The van der Waals surface area contributed by atoms with Crippen molar-refractivity contribution in [1.82, 2.24) is 0 Å². The highest BCUT2D eigenvalue weighted by atomic mass is 16.6. The number of aldehydes is 1. The van der Waals surface area contributed by atoms with Gasteiger partial charge in [0.05, 0.1) is 16.0 Å². The molecule has 0 heterocycles. The van der Waals surface area contributed by atoms with E-state index < -0.39 is 22.3 Å². The van der Waals surface area contributed by atoms with E-state index in [1.165, 1.54) is 24.3 Å². The number of hydrogen-bond acceptors (Lipinski definition) is 4. The minimum atomic E-state index is -1.13. The highest BCUT2D eigenvalue weighted by molar-refractivity contribution is 5.90. The molecule has 106 valence electrons. The molecule has 3 N–H and O–H groups in total. The van der Waals surface area contributed by atoms with Crippen molar-refractivity contribution in [2.45, 2.75) is 0 Å². The van der Waals surface area contributed by atoms with Crippen LogP contribution in [0.3, 0.4) is 0 Å². The fourth-order valence-corrected chi connectivity index (χ4v) is 1.88. The molecule has 0 aliphatic rings. The Bertz CT molecular complexity index is 753. The smallest absolute Gasteiger partial charge is 0.359 e. The molecule has 0 aliphatic heterocycles. The third-order valence-corrected chi connectivity index (χ3v) is 2.90. The van der Waals surface area contributed by atoms with Crippen LogP contribution in [-0.4, -0.2) is 32.6 Å². The van der Waals surface area contributed by atoms with Crippen LogP contribution in [0.5, 0.6) is 5.75 Å². The van der Waals surface area contributed by atoms with Crippen LogP contribution in [0, 0.1) is 4.91 Å². The van der Waals surface area contributed by atoms with Gasteiger partial charge >= 0.3 is 11.7 Å². The van der Waals surface area contributed by atoms with Crippen LogP contribution in [0.4, 0.5) is 5.69 Å². The second-order valence-electron chi connectivity index (χ2n) is 4.21. The Morgan fingerprint density at radius 3 is 2.43 bits per heavy atom. The first-order valence-electron chi connectivity index (χ1n) is 5.76. The largest absolute Gasteiger partial charge is 0.501 e. The van der Waals surface area contributed by atoms with E-state index in [-0.39, 0.29) is 11.1 Å². The lowest BCUT2D eigenvalue weighted by Gasteiger charge is -2.05. The number of aromatic carboxylic acids is 1. The van der Waals surface area contributed by atoms with Crippen LogP contribution < -0.4 is 0 Å². The number of benzene rings is 2. The number of hydrogen-bond donors (Lipinski definition) is 3. The van der Waals surface area contributed by atoms with Crippen molar-refractivity contribution in [3.8, 4) is 16.9 Å². The maximum Gasteiger partial charge on any atom is 0.359 e. The summed E-state index contributed by atoms with van der Waals surface area (Å²) in [4.78, 5) is 32.3. The van der Waals surface area contributed by atoms with Gasteiger partial charge in [-0.25, -0.2) is 10.0 Å². The third-order valence-electron chi connectivity index (χ3n) is 2.90. The van der Waals surface area contributed by atoms with Crippen molar-refractivity contribution in [3.63, 3.8) is 0 Å². The van der Waals surface area contributed by atoms with Gasteiger partial charge in [0.1, 0.15) is 0 Å². The second kappa shape index (κ2) is 5.41. The van der Waals surface area contributed by atoms with Crippen LogP contribution in [0.1, 0.15) is 20.7 Å². The fraction of sp³-hybridized carbons (Fsp3) is 0. The molecule has 7 nitrogen and oxygen atoms in total. The van der Waals surface area contributed by atoms with Gasteiger partial charge in [0.15, 0.2) is 6.29 Å². The van der Waals surface area contributed by atoms with Crippen LogP contribution in [0.2, 0.25) is 0 Å². The van der Waals surface area contributed by atoms with Gasteiger partial charge in [-0.3, -0.25) is 4.79 Å². The zero-order valence-corrected chi connectivity index (χ0v) is 10.6. The number of phenolic OH excluding ortho intramolecular Hbond substituents is 1. The summed E-state index contributed by atoms with van der Waals surface area (Å²) in [6, 6.07) is 8.25. The molecule has 0 saturated heterocycles. The maximum absolute atomic E-state index is 11.0. The predicted octanol–water partition coefficient (Wildman–Crippen LogP) is 2.37. The molecule has 0 spiro atoms. The molecule has 2 aromatic carbocycles. The van der Waals surface area contributed by atoms with Crippen LogP contribution in [-0.2, 0) is 0 Å². The summed E-state index contributed by atoms with van der Waals surface area (Å²) >= 11 is 0. The number of carboxylic acids is 1. The van der Waals surface area contributed by atoms with Gasteiger partial charge in [-0.2, -0.15) is 0 Å². The molecule has 0 atom stereocenters. The number of nitrogens with zero attached hydrogens (tertiary/aromatic N) is 1. The lowest BCUT2D eigenvalue weighted by atomic mass is 10.00. The molecule has 0 amide bonds. The van der Waals surface area contributed by atoms with Crippen molar-refractivity contribution in [2.24, 2.45) is 0 Å². The van der Waals surface area contributed by atoms with Crippen molar-refractivity contribution >= 4 is 17.9 Å². The van der Waals surface area contributed by atoms with Gasteiger partial charge in [0.25, 0.3) is 4.92 Å². The molecule has 0 unspecified atom stereocenters. The van der Waals surface area contributed by atoms with Gasteiger partial charge in [0, 0.05) is 6.07 Å². The maximum atomic E-state index is 11.0. The van der Waals surface area contributed by atoms with E-state index in [1.807, 2.05) is 0 Å². The first-order valence-corrected chi connectivity index (χ1v) is 5.76. The van der Waals surface area contributed by atoms with Gasteiger partial charge in [-0.1, -0.05) is 12.1 Å². The van der Waals surface area contributed by atoms with Gasteiger partial charge < -0.3 is 10.2 Å². The molecule has 2 rings (SSSR count). The summed E-state index contributed by atoms with van der Waals surface area (Å²) in [5.41, 5.74) is 0.0511. The average molecular weight is 288 g/mol. The Balaban J connectivity index is 2.66. The van der Waals surface area contributed by atoms with E-state index in [9.17, 15) is 19.6 Å². The van der Waals surface area contributed by atoms with E-state index in [0.29, 0.717) is 17.4 Å². The zero-order valence-electron chi connectivity index (χ0n) is 10.6. The van der Waals surface area contributed by atoms with Gasteiger partial charge in [-0.15, -0.1) is 0 Å². The Kier molecular flexibility index (Phi) is 3.66. The van der Waals surface area contributed by atoms with E-state index in [4.69, 9.17) is 10.3 Å². The Morgan fingerprint density at radius 2 is 1.86 bits per heavy atom. The minimum absolute atomic E-state index is 0.0257. The van der Waals surface area contributed by atoms with Crippen molar-refractivity contribution < 1.29 is 29.9 Å². The van der Waals surface area contributed by atoms with Crippen LogP contribution in [0.25, 0.3) is 11.1 Å². The van der Waals surface area contributed by atoms with Crippen LogP contribution in [0.15, 0.2) is 36.4 Å². The molecule has 0 radical (unpaired) electrons. The molecule has 7 heteroatoms. The van der Waals surface area contributed by atoms with Crippen molar-refractivity contribution in [2.75, 3.05) is 0 Å². The number of carboxylic acid groups (broad SMARTS) is 1. The van der Waals surface area contributed by atoms with E-state index in [0.717, 1.165) is 6.07 Å². The monoisotopic (exact) mass is 288 g/mol. The zero-order chi connectivity index (χ0) is 15.6. The third kappa shape index (κ3) is 2.71. The lowest BCUT2D eigenvalue weighted by Crippen LogP contribution is -1.98. The average Bonchev–Trinajstić information content (AvgIpc) is 2.47. The molecule has 0 aromatic heterocycles. The molecule has 0 bridgehead atoms. The first-order chi connectivity index (χ1) is 9.93. The summed E-state index contributed by atoms with van der Waals surface area (Å²) in [6.07, 6.45) is 0.326. The number of carbonyl (C=O) groups excluding carboxylic acids is 1. The van der Waals surface area contributed by atoms with Crippen molar-refractivity contribution in [3.05, 3.63) is 52.4 Å². The number of carbonyl (C=O) groups is 2. The van der Waals surface area contributed by atoms with Gasteiger partial charge in [0.2, 0.25) is 5.75 Å². The Morgan fingerprint density at radius 1 is 1.14 bits per heavy atom. The normalized spacial score (nSPS) is 10.1. The van der Waals surface area contributed by atoms with E-state index >= 15 is 0 Å². The Labute approximate surface area is 118 Å². The molecule has 2 aromatic rings. The van der Waals surface area contributed by atoms with E-state index in [2.05, 4.69) is 0 Å². The molecule has 0 saturated carbocycles. The quantitative estimate of drug-likeness (QED) is 0.587. The van der Waals surface area contributed by atoms with E-state index in [1.54, 1.807) is 6.07 Å². The predicted molar refractivity (Wildman–Crippen MR) is 71.0 cm³/mol. The standard InChI is InChI=1S/C14H9NO6/c16-7-11-5-10(6-12(13(11)17)15(20)21)8-2-1-3-9(4-8)14(18)19/h1-7H,(H2-,16,17,18,19,20,21)/p+1. The summed E-state index contributed by atoms with van der Waals surface area (Å²) in [5, 5.41) is 27.5. The highest BCUT2D eigenvalue weighted by Gasteiger charge is 2.23. The summed E-state index contributed by atoms with van der Waals surface area (Å²) < 4.78 is 0. The second-order valence-corrected chi connectivity index (χ2v) is 4.21. The molecular weight excluding hydrogens is 278 g/mol. The molecule has 0 aliphatic carbocycles. The fourth-order valence-electron chi connectivity index (χ4n) is 1.88. The SMILES string of the molecule is O=Cc1cc(-c2cccc(C(=O)O)c2)cc([N+](=O)O)c1O. The highest BCUT2D eigenvalue weighted by Crippen LogP contribution is 2.34. The van der Waals surface area contributed by atoms with Crippen LogP contribution >= 0.6 is 0 Å². The van der Waals surface area contributed by atoms with Gasteiger partial charge in [-0.05, 0) is 29.3 Å². The lowest BCUT2D eigenvalue weighted by molar-refractivity contribution is -0.730. The summed E-state index contributed by atoms with van der Waals surface area (Å²) in [7, 11) is 0. The number of aromatic hydroxyl groups is 1. The molecular formula is C14H10NO6+. The summed E-state index contributed by atoms with van der Waals surface area (Å²) in [5.74, 6) is -1.78. The molecule has 0 fully saturated rings. The summed E-state index contributed by atoms with van der Waals surface area (Å²) in [6.45, 7) is 0. The number of phenols is 1.